The lowest BCUT2D eigenvalue weighted by Crippen LogP contribution is -2.59. The van der Waals surface area contributed by atoms with E-state index in [4.69, 9.17) is 33.2 Å². The van der Waals surface area contributed by atoms with Crippen molar-refractivity contribution >= 4 is 17.3 Å². The molecule has 3 fully saturated rings. The zero-order valence-electron chi connectivity index (χ0n) is 46.2. The summed E-state index contributed by atoms with van der Waals surface area (Å²) in [5.41, 5.74) is -1.66. The number of aliphatic hydroxyl groups excluding tert-OH is 2. The molecule has 1 aromatic carbocycles. The molecule has 2 aromatic heterocycles. The van der Waals surface area contributed by atoms with E-state index in [0.29, 0.717) is 44.0 Å². The number of esters is 1. The summed E-state index contributed by atoms with van der Waals surface area (Å²) in [5.74, 6) is -2.54. The van der Waals surface area contributed by atoms with E-state index in [1.165, 1.54) is 25.4 Å². The third kappa shape index (κ3) is 14.3. The van der Waals surface area contributed by atoms with Crippen LogP contribution < -0.4 is 4.74 Å². The highest BCUT2D eigenvalue weighted by atomic mass is 32.1. The minimum Gasteiger partial charge on any atom is -0.473 e. The van der Waals surface area contributed by atoms with Crippen LogP contribution in [0.5, 0.6) is 5.19 Å². The van der Waals surface area contributed by atoms with Crippen LogP contribution in [-0.4, -0.2) is 188 Å². The van der Waals surface area contributed by atoms with Crippen LogP contribution in [0.2, 0.25) is 0 Å². The molecule has 6 rings (SSSR count). The molecule has 4 N–H and O–H groups in total. The molecule has 5 heterocycles. The van der Waals surface area contributed by atoms with Gasteiger partial charge in [-0.25, -0.2) is 14.1 Å². The van der Waals surface area contributed by atoms with Crippen LogP contribution in [0.3, 0.4) is 0 Å². The summed E-state index contributed by atoms with van der Waals surface area (Å²) in [4.78, 5) is 23.9. The molecule has 74 heavy (non-hydrogen) atoms. The van der Waals surface area contributed by atoms with Gasteiger partial charge in [-0.1, -0.05) is 61.6 Å². The predicted molar refractivity (Wildman–Crippen MR) is 278 cm³/mol. The van der Waals surface area contributed by atoms with Crippen molar-refractivity contribution in [1.82, 2.24) is 29.8 Å². The molecule has 18 atom stereocenters. The van der Waals surface area contributed by atoms with Crippen molar-refractivity contribution < 1.29 is 62.8 Å². The van der Waals surface area contributed by atoms with Gasteiger partial charge in [0, 0.05) is 69.9 Å². The van der Waals surface area contributed by atoms with Crippen molar-refractivity contribution in [2.24, 2.45) is 17.8 Å². The average molecular weight is 1060 g/mol. The molecule has 0 spiro atoms. The Balaban J connectivity index is 1.21. The number of halogens is 1. The molecule has 3 aliphatic heterocycles. The number of aliphatic hydroxyl groups is 4. The number of thiazole rings is 1. The first-order valence-corrected chi connectivity index (χ1v) is 27.3. The molecular formula is C54H87FN6O12S. The Morgan fingerprint density at radius 3 is 2.31 bits per heavy atom. The molecule has 18 nitrogen and oxygen atoms in total. The van der Waals surface area contributed by atoms with E-state index in [-0.39, 0.29) is 37.3 Å². The van der Waals surface area contributed by atoms with Gasteiger partial charge in [-0.15, -0.1) is 5.10 Å². The van der Waals surface area contributed by atoms with Gasteiger partial charge in [0.25, 0.3) is 5.19 Å². The molecule has 0 saturated carbocycles. The lowest BCUT2D eigenvalue weighted by molar-refractivity contribution is -0.308. The van der Waals surface area contributed by atoms with Crippen LogP contribution in [0.4, 0.5) is 4.39 Å². The number of cyclic esters (lactones) is 1. The number of hydrogen-bond acceptors (Lipinski definition) is 18. The van der Waals surface area contributed by atoms with Crippen molar-refractivity contribution in [3.63, 3.8) is 0 Å². The molecular weight excluding hydrogens is 976 g/mol. The summed E-state index contributed by atoms with van der Waals surface area (Å²) < 4.78 is 60.1. The minimum atomic E-state index is -1.82. The van der Waals surface area contributed by atoms with Crippen LogP contribution in [0.25, 0.3) is 10.4 Å². The first-order valence-electron chi connectivity index (χ1n) is 26.5. The Labute approximate surface area is 442 Å². The van der Waals surface area contributed by atoms with Gasteiger partial charge >= 0.3 is 5.97 Å². The standard InChI is InChI=1S/C54H87FN6O12S/c1-15-43-54(10,66)47(62)35(6)60(12)29-31(2)25-52(8,65)49(33(4)46(34(5)50(64)71-43)72-45-26-53(9,68-14)48(63)36(7)70-45)73-44-24-40(22-32(3)69-44)59(11)21-20-39-30-61(58-57-39)41(27-55)23-37-16-18-38(19-17-37)42-28-56-51(67-13)74-42/h16-19,28,30-36,40-41,43-49,62-63,65-66H,15,20-27,29H2,1-14H3/t31-,32-,33+,34-,35-,36+,40+,41+,43-,44+,45+,46+,47-,48+,49-,52-,53-,54-/m1/s1. The molecule has 418 valence electrons. The molecule has 0 amide bonds. The zero-order chi connectivity index (χ0) is 54.4. The van der Waals surface area contributed by atoms with Gasteiger partial charge in [-0.2, -0.15) is 0 Å². The Morgan fingerprint density at radius 1 is 0.973 bits per heavy atom. The fourth-order valence-electron chi connectivity index (χ4n) is 11.5. The van der Waals surface area contributed by atoms with Crippen molar-refractivity contribution in [3.8, 4) is 15.6 Å². The van der Waals surface area contributed by atoms with Crippen LogP contribution in [0.15, 0.2) is 36.7 Å². The van der Waals surface area contributed by atoms with E-state index in [1.807, 2.05) is 77.2 Å². The number of alkyl halides is 1. The molecule has 3 saturated heterocycles. The molecule has 3 aromatic rings. The Hall–Kier alpha value is -3.25. The van der Waals surface area contributed by atoms with E-state index < -0.39 is 103 Å². The molecule has 0 aliphatic carbocycles. The summed E-state index contributed by atoms with van der Waals surface area (Å²) in [6, 6.07) is 6.94. The monoisotopic (exact) mass is 1060 g/mol. The number of rotatable bonds is 16. The van der Waals surface area contributed by atoms with Crippen molar-refractivity contribution in [1.29, 1.82) is 0 Å². The fraction of sp³-hybridized carbons (Fsp3) is 0.778. The highest BCUT2D eigenvalue weighted by molar-refractivity contribution is 7.16. The van der Waals surface area contributed by atoms with E-state index in [0.717, 1.165) is 21.7 Å². The topological polar surface area (TPSA) is 213 Å². The summed E-state index contributed by atoms with van der Waals surface area (Å²) in [7, 11) is 7.02. The first kappa shape index (κ1) is 60.0. The number of aromatic nitrogens is 4. The summed E-state index contributed by atoms with van der Waals surface area (Å²) >= 11 is 1.46. The largest absolute Gasteiger partial charge is 0.473 e. The second-order valence-corrected chi connectivity index (χ2v) is 23.4. The summed E-state index contributed by atoms with van der Waals surface area (Å²) in [6.07, 6.45) is -1.53. The number of ether oxygens (including phenoxy) is 7. The first-order chi connectivity index (χ1) is 34.8. The van der Waals surface area contributed by atoms with Crippen molar-refractivity contribution in [3.05, 3.63) is 47.9 Å². The van der Waals surface area contributed by atoms with E-state index in [1.54, 1.807) is 52.6 Å². The van der Waals surface area contributed by atoms with Crippen LogP contribution in [0, 0.1) is 17.8 Å². The number of benzene rings is 1. The average Bonchev–Trinajstić information content (AvgIpc) is 4.06. The SMILES string of the molecule is CC[C@H]1OC(=O)[C@H](C)[C@@H](O[C@H]2C[C@@](C)(OC)[C@@H](O)[C@H](C)O2)[C@H](C)[C@@H](O[C@H]2C[C@@H](N(C)CCc3cn([C@H](CF)Cc4ccc(-c5cnc(OC)s5)cc4)nn3)C[C@@H](C)O2)[C@](C)(O)C[C@@H](C)CN(C)[C@H](C)[C@@H](O)[C@]1(C)O. The number of likely N-dealkylation sites (N-methyl/N-ethyl adjacent to an activating group) is 2. The van der Waals surface area contributed by atoms with E-state index in [9.17, 15) is 29.6 Å². The summed E-state index contributed by atoms with van der Waals surface area (Å²) in [6.45, 7) is 18.4. The van der Waals surface area contributed by atoms with Crippen molar-refractivity contribution in [2.75, 3.05) is 48.1 Å². The molecule has 0 radical (unpaired) electrons. The maximum absolute atomic E-state index is 14.6. The van der Waals surface area contributed by atoms with E-state index >= 15 is 0 Å². The fourth-order valence-corrected chi connectivity index (χ4v) is 12.2. The van der Waals surface area contributed by atoms with Gasteiger partial charge in [-0.3, -0.25) is 4.79 Å². The van der Waals surface area contributed by atoms with Gasteiger partial charge < -0.3 is 63.4 Å². The maximum Gasteiger partial charge on any atom is 0.311 e. The lowest BCUT2D eigenvalue weighted by atomic mass is 9.77. The molecule has 3 aliphatic rings. The predicted octanol–water partition coefficient (Wildman–Crippen LogP) is 6.02. The van der Waals surface area contributed by atoms with Gasteiger partial charge in [-0.05, 0) is 105 Å². The van der Waals surface area contributed by atoms with Gasteiger partial charge in [0.15, 0.2) is 12.6 Å². The quantitative estimate of drug-likeness (QED) is 0.121. The molecule has 0 unspecified atom stereocenters. The van der Waals surface area contributed by atoms with Gasteiger partial charge in [0.05, 0.1) is 65.3 Å². The smallest absolute Gasteiger partial charge is 0.311 e. The minimum absolute atomic E-state index is 0.00407. The highest BCUT2D eigenvalue weighted by Gasteiger charge is 2.52. The van der Waals surface area contributed by atoms with Crippen LogP contribution >= 0.6 is 11.3 Å². The third-order valence-corrected chi connectivity index (χ3v) is 17.2. The second kappa shape index (κ2) is 25.5. The van der Waals surface area contributed by atoms with Crippen LogP contribution in [-0.2, 0) is 46.1 Å². The highest BCUT2D eigenvalue weighted by Crippen LogP contribution is 2.40. The number of nitrogens with zero attached hydrogens (tertiary/aromatic N) is 6. The Bertz CT molecular complexity index is 2220. The van der Waals surface area contributed by atoms with Crippen LogP contribution in [0.1, 0.15) is 119 Å². The Kier molecular flexibility index (Phi) is 20.7. The molecule has 0 bridgehead atoms. The third-order valence-electron chi connectivity index (χ3n) is 16.2. The van der Waals surface area contributed by atoms with Gasteiger partial charge in [0.1, 0.15) is 30.6 Å². The number of hydrogen-bond donors (Lipinski definition) is 4. The number of methoxy groups -OCH3 is 2. The number of carbonyl (C=O) groups excluding carboxylic acids is 1. The van der Waals surface area contributed by atoms with Gasteiger partial charge in [0.2, 0.25) is 0 Å². The number of carbonyl (C=O) groups is 1. The normalized spacial score (nSPS) is 37.8. The van der Waals surface area contributed by atoms with E-state index in [2.05, 4.69) is 20.2 Å². The maximum atomic E-state index is 14.6. The molecule has 20 heteroatoms. The zero-order valence-corrected chi connectivity index (χ0v) is 47.0. The Morgan fingerprint density at radius 2 is 1.68 bits per heavy atom. The second-order valence-electron chi connectivity index (χ2n) is 22.4. The lowest BCUT2D eigenvalue weighted by Gasteiger charge is -2.48. The van der Waals surface area contributed by atoms with Crippen molar-refractivity contribution in [2.45, 2.75) is 204 Å². The summed E-state index contributed by atoms with van der Waals surface area (Å²) in [5, 5.41) is 56.9.